The first-order chi connectivity index (χ1) is 10.6. The number of nitrogens with zero attached hydrogens (tertiary/aromatic N) is 4. The van der Waals surface area contributed by atoms with Gasteiger partial charge in [0.1, 0.15) is 0 Å². The molecule has 1 fully saturated rings. The zero-order valence-electron chi connectivity index (χ0n) is 13.1. The van der Waals surface area contributed by atoms with Gasteiger partial charge in [0.25, 0.3) is 5.91 Å². The molecule has 3 heterocycles. The maximum Gasteiger partial charge on any atom is 0.291 e. The van der Waals surface area contributed by atoms with Crippen molar-refractivity contribution in [2.24, 2.45) is 0 Å². The van der Waals surface area contributed by atoms with E-state index < -0.39 is 0 Å². The molecule has 0 aliphatic carbocycles. The summed E-state index contributed by atoms with van der Waals surface area (Å²) >= 11 is 0. The molecule has 1 saturated heterocycles. The van der Waals surface area contributed by atoms with Gasteiger partial charge in [-0.25, -0.2) is 4.98 Å². The minimum absolute atomic E-state index is 0.102. The number of hydrogen-bond donors (Lipinski definition) is 0. The number of aryl methyl sites for hydroxylation is 3. The fourth-order valence-corrected chi connectivity index (χ4v) is 2.80. The molecule has 3 rings (SSSR count). The van der Waals surface area contributed by atoms with E-state index in [2.05, 4.69) is 15.1 Å². The van der Waals surface area contributed by atoms with Gasteiger partial charge in [0.05, 0.1) is 5.69 Å². The average molecular weight is 304 g/mol. The molecule has 1 unspecified atom stereocenters. The fraction of sp³-hybridized carbons (Fsp3) is 0.600. The summed E-state index contributed by atoms with van der Waals surface area (Å²) in [4.78, 5) is 23.0. The van der Waals surface area contributed by atoms with E-state index in [9.17, 15) is 4.79 Å². The van der Waals surface area contributed by atoms with Crippen LogP contribution in [-0.2, 0) is 6.42 Å². The number of likely N-dealkylation sites (tertiary alicyclic amines) is 1. The second-order valence-electron chi connectivity index (χ2n) is 5.64. The highest BCUT2D eigenvalue weighted by Crippen LogP contribution is 2.26. The lowest BCUT2D eigenvalue weighted by Gasteiger charge is -2.30. The van der Waals surface area contributed by atoms with Gasteiger partial charge in [-0.1, -0.05) is 12.1 Å². The summed E-state index contributed by atoms with van der Waals surface area (Å²) in [6.45, 7) is 6.83. The Morgan fingerprint density at radius 2 is 2.18 bits per heavy atom. The van der Waals surface area contributed by atoms with Crippen LogP contribution in [0.4, 0.5) is 0 Å². The molecule has 0 aromatic carbocycles. The third-order valence-electron chi connectivity index (χ3n) is 3.95. The predicted octanol–water partition coefficient (Wildman–Crippen LogP) is 2.26. The van der Waals surface area contributed by atoms with E-state index >= 15 is 0 Å². The number of oxazole rings is 1. The lowest BCUT2D eigenvalue weighted by atomic mass is 9.97. The van der Waals surface area contributed by atoms with Crippen LogP contribution in [0, 0.1) is 13.8 Å². The van der Waals surface area contributed by atoms with Crippen molar-refractivity contribution in [1.29, 1.82) is 0 Å². The second kappa shape index (κ2) is 5.90. The van der Waals surface area contributed by atoms with E-state index in [0.29, 0.717) is 48.6 Å². The number of carbonyl (C=O) groups excluding carboxylic acids is 1. The molecule has 2 aromatic heterocycles. The van der Waals surface area contributed by atoms with Crippen LogP contribution in [0.3, 0.4) is 0 Å². The van der Waals surface area contributed by atoms with Crippen LogP contribution < -0.4 is 0 Å². The fourth-order valence-electron chi connectivity index (χ4n) is 2.80. The minimum Gasteiger partial charge on any atom is -0.435 e. The zero-order valence-corrected chi connectivity index (χ0v) is 13.1. The average Bonchev–Trinajstić information content (AvgIpc) is 3.12. The van der Waals surface area contributed by atoms with Crippen molar-refractivity contribution in [3.05, 3.63) is 29.1 Å². The summed E-state index contributed by atoms with van der Waals surface area (Å²) < 4.78 is 10.6. The van der Waals surface area contributed by atoms with Crippen molar-refractivity contribution in [2.45, 2.75) is 46.0 Å². The minimum atomic E-state index is -0.102. The highest BCUT2D eigenvalue weighted by molar-refractivity contribution is 5.92. The van der Waals surface area contributed by atoms with Crippen LogP contribution in [0.5, 0.6) is 0 Å². The van der Waals surface area contributed by atoms with E-state index in [1.165, 1.54) is 0 Å². The van der Waals surface area contributed by atoms with E-state index in [0.717, 1.165) is 12.8 Å². The molecule has 0 spiro atoms. The Balaban J connectivity index is 1.76. The monoisotopic (exact) mass is 304 g/mol. The maximum atomic E-state index is 12.7. The molecule has 7 heteroatoms. The molecule has 118 valence electrons. The molecule has 22 heavy (non-hydrogen) atoms. The SMILES string of the molecule is CCc1nc(C)c(C(=O)N2CCCC(c3noc(C)n3)C2)o1. The molecule has 1 aliphatic rings. The molecule has 0 N–H and O–H groups in total. The number of aromatic nitrogens is 3. The van der Waals surface area contributed by atoms with Gasteiger partial charge in [-0.05, 0) is 19.8 Å². The smallest absolute Gasteiger partial charge is 0.291 e. The van der Waals surface area contributed by atoms with Crippen LogP contribution >= 0.6 is 0 Å². The first kappa shape index (κ1) is 14.7. The summed E-state index contributed by atoms with van der Waals surface area (Å²) in [6.07, 6.45) is 2.55. The van der Waals surface area contributed by atoms with Gasteiger partial charge in [-0.2, -0.15) is 4.98 Å². The van der Waals surface area contributed by atoms with Crippen LogP contribution in [-0.4, -0.2) is 39.0 Å². The van der Waals surface area contributed by atoms with Crippen LogP contribution in [0.2, 0.25) is 0 Å². The van der Waals surface area contributed by atoms with E-state index in [4.69, 9.17) is 8.94 Å². The Hall–Kier alpha value is -2.18. The van der Waals surface area contributed by atoms with E-state index in [1.54, 1.807) is 18.7 Å². The number of piperidine rings is 1. The second-order valence-corrected chi connectivity index (χ2v) is 5.64. The van der Waals surface area contributed by atoms with Gasteiger partial charge in [0.2, 0.25) is 11.7 Å². The third kappa shape index (κ3) is 2.75. The molecular formula is C15H20N4O3. The number of carbonyl (C=O) groups is 1. The molecule has 1 amide bonds. The molecule has 1 atom stereocenters. The Morgan fingerprint density at radius 1 is 1.36 bits per heavy atom. The molecule has 0 saturated carbocycles. The van der Waals surface area contributed by atoms with Crippen LogP contribution in [0.15, 0.2) is 8.94 Å². The zero-order chi connectivity index (χ0) is 15.7. The van der Waals surface area contributed by atoms with Gasteiger partial charge in [-0.15, -0.1) is 0 Å². The Labute approximate surface area is 128 Å². The summed E-state index contributed by atoms with van der Waals surface area (Å²) in [5.74, 6) is 2.19. The lowest BCUT2D eigenvalue weighted by Crippen LogP contribution is -2.39. The van der Waals surface area contributed by atoms with Crippen molar-refractivity contribution in [3.63, 3.8) is 0 Å². The van der Waals surface area contributed by atoms with Gasteiger partial charge < -0.3 is 13.8 Å². The highest BCUT2D eigenvalue weighted by Gasteiger charge is 2.30. The summed E-state index contributed by atoms with van der Waals surface area (Å²) in [5.41, 5.74) is 0.652. The molecule has 2 aromatic rings. The third-order valence-corrected chi connectivity index (χ3v) is 3.95. The van der Waals surface area contributed by atoms with Gasteiger partial charge >= 0.3 is 0 Å². The number of hydrogen-bond acceptors (Lipinski definition) is 6. The van der Waals surface area contributed by atoms with Crippen LogP contribution in [0.25, 0.3) is 0 Å². The largest absolute Gasteiger partial charge is 0.435 e. The molecule has 1 aliphatic heterocycles. The standard InChI is InChI=1S/C15H20N4O3/c1-4-12-16-9(2)13(21-12)15(20)19-7-5-6-11(8-19)14-17-10(3)22-18-14/h11H,4-8H2,1-3H3. The summed E-state index contributed by atoms with van der Waals surface area (Å²) in [5, 5.41) is 3.98. The van der Waals surface area contributed by atoms with Crippen molar-refractivity contribution >= 4 is 5.91 Å². The lowest BCUT2D eigenvalue weighted by molar-refractivity contribution is 0.0668. The van der Waals surface area contributed by atoms with Gasteiger partial charge in [0, 0.05) is 32.4 Å². The number of rotatable bonds is 3. The van der Waals surface area contributed by atoms with E-state index in [1.807, 2.05) is 6.92 Å². The van der Waals surface area contributed by atoms with Gasteiger partial charge in [-0.3, -0.25) is 4.79 Å². The summed E-state index contributed by atoms with van der Waals surface area (Å²) in [7, 11) is 0. The van der Waals surface area contributed by atoms with Crippen LogP contribution in [0.1, 0.15) is 59.5 Å². The summed E-state index contributed by atoms with van der Waals surface area (Å²) in [6, 6.07) is 0. The topological polar surface area (TPSA) is 85.3 Å². The van der Waals surface area contributed by atoms with Gasteiger partial charge in [0.15, 0.2) is 11.7 Å². The molecule has 7 nitrogen and oxygen atoms in total. The number of amides is 1. The molecular weight excluding hydrogens is 284 g/mol. The first-order valence-corrected chi connectivity index (χ1v) is 7.64. The van der Waals surface area contributed by atoms with E-state index in [-0.39, 0.29) is 11.8 Å². The first-order valence-electron chi connectivity index (χ1n) is 7.64. The maximum absolute atomic E-state index is 12.7. The molecule has 0 bridgehead atoms. The Kier molecular flexibility index (Phi) is 3.96. The molecule has 0 radical (unpaired) electrons. The Morgan fingerprint density at radius 3 is 2.82 bits per heavy atom. The predicted molar refractivity (Wildman–Crippen MR) is 77.5 cm³/mol. The van der Waals surface area contributed by atoms with Crippen molar-refractivity contribution in [3.8, 4) is 0 Å². The van der Waals surface area contributed by atoms with Crippen molar-refractivity contribution in [1.82, 2.24) is 20.0 Å². The quantitative estimate of drug-likeness (QED) is 0.864. The van der Waals surface area contributed by atoms with Crippen molar-refractivity contribution < 1.29 is 13.7 Å². The highest BCUT2D eigenvalue weighted by atomic mass is 16.5. The van der Waals surface area contributed by atoms with Crippen molar-refractivity contribution in [2.75, 3.05) is 13.1 Å². The Bertz CT molecular complexity index is 676. The normalized spacial score (nSPS) is 18.7.